The Morgan fingerprint density at radius 3 is 2.60 bits per heavy atom. The fraction of sp³-hybridized carbons (Fsp3) is 0.400. The lowest BCUT2D eigenvalue weighted by Crippen LogP contribution is -2.15. The first-order valence-electron chi connectivity index (χ1n) is 4.49. The third kappa shape index (κ3) is 2.63. The fourth-order valence-electron chi connectivity index (χ4n) is 1.71. The molecule has 0 aliphatic carbocycles. The monoisotopic (exact) mass is 237 g/mol. The van der Waals surface area contributed by atoms with Gasteiger partial charge in [0.2, 0.25) is 0 Å². The van der Waals surface area contributed by atoms with Crippen LogP contribution in [0.1, 0.15) is 18.0 Å². The molecule has 1 N–H and O–H groups in total. The van der Waals surface area contributed by atoms with Gasteiger partial charge in [-0.05, 0) is 24.6 Å². The second kappa shape index (κ2) is 4.86. The Kier molecular flexibility index (Phi) is 3.99. The first-order chi connectivity index (χ1) is 6.66. The van der Waals surface area contributed by atoms with Crippen LogP contribution < -0.4 is 5.32 Å². The standard InChI is InChI=1S/C10H10F3N.ClH/c11-6-1-2-9(13)8(3-6)10-4-7(12)5-14-10;/h1-3,7,10,14H,4-5H2;1H. The van der Waals surface area contributed by atoms with Gasteiger partial charge in [-0.2, -0.15) is 0 Å². The molecule has 15 heavy (non-hydrogen) atoms. The number of halogens is 4. The SMILES string of the molecule is Cl.Fc1ccc(F)c(C2CC(F)CN2)c1. The summed E-state index contributed by atoms with van der Waals surface area (Å²) in [5.41, 5.74) is 0.213. The van der Waals surface area contributed by atoms with Crippen LogP contribution in [-0.4, -0.2) is 12.7 Å². The molecule has 0 spiro atoms. The number of hydrogen-bond acceptors (Lipinski definition) is 1. The lowest BCUT2D eigenvalue weighted by Gasteiger charge is -2.10. The zero-order valence-electron chi connectivity index (χ0n) is 7.84. The molecule has 1 aliphatic rings. The van der Waals surface area contributed by atoms with Crippen LogP contribution in [0.2, 0.25) is 0 Å². The van der Waals surface area contributed by atoms with Gasteiger partial charge >= 0.3 is 0 Å². The second-order valence-corrected chi connectivity index (χ2v) is 3.46. The Labute approximate surface area is 92.1 Å². The Balaban J connectivity index is 0.00000112. The summed E-state index contributed by atoms with van der Waals surface area (Å²) < 4.78 is 38.8. The van der Waals surface area contributed by atoms with E-state index in [4.69, 9.17) is 0 Å². The molecule has 0 saturated carbocycles. The van der Waals surface area contributed by atoms with Gasteiger partial charge in [-0.3, -0.25) is 0 Å². The van der Waals surface area contributed by atoms with Gasteiger partial charge in [0, 0.05) is 18.2 Å². The molecule has 1 aromatic carbocycles. The maximum absolute atomic E-state index is 13.2. The topological polar surface area (TPSA) is 12.0 Å². The van der Waals surface area contributed by atoms with E-state index < -0.39 is 23.8 Å². The molecule has 0 radical (unpaired) electrons. The van der Waals surface area contributed by atoms with Crippen LogP contribution in [0.15, 0.2) is 18.2 Å². The van der Waals surface area contributed by atoms with Crippen molar-refractivity contribution in [2.45, 2.75) is 18.6 Å². The molecule has 1 heterocycles. The molecule has 84 valence electrons. The van der Waals surface area contributed by atoms with Crippen molar-refractivity contribution in [3.05, 3.63) is 35.4 Å². The van der Waals surface area contributed by atoms with E-state index in [1.54, 1.807) is 0 Å². The van der Waals surface area contributed by atoms with Crippen LogP contribution in [0.4, 0.5) is 13.2 Å². The summed E-state index contributed by atoms with van der Waals surface area (Å²) in [6.45, 7) is 0.209. The summed E-state index contributed by atoms with van der Waals surface area (Å²) in [6.07, 6.45) is -0.761. The molecule has 1 nitrogen and oxygen atoms in total. The smallest absolute Gasteiger partial charge is 0.128 e. The van der Waals surface area contributed by atoms with Crippen LogP contribution in [0.25, 0.3) is 0 Å². The molecule has 0 aromatic heterocycles. The van der Waals surface area contributed by atoms with E-state index in [1.807, 2.05) is 0 Å². The summed E-state index contributed by atoms with van der Waals surface area (Å²) >= 11 is 0. The zero-order chi connectivity index (χ0) is 10.1. The number of hydrogen-bond donors (Lipinski definition) is 1. The van der Waals surface area contributed by atoms with Crippen molar-refractivity contribution >= 4 is 12.4 Å². The summed E-state index contributed by atoms with van der Waals surface area (Å²) in [7, 11) is 0. The predicted molar refractivity (Wildman–Crippen MR) is 53.9 cm³/mol. The van der Waals surface area contributed by atoms with Crippen molar-refractivity contribution < 1.29 is 13.2 Å². The van der Waals surface area contributed by atoms with Crippen molar-refractivity contribution in [2.24, 2.45) is 0 Å². The Bertz CT molecular complexity index is 345. The highest BCUT2D eigenvalue weighted by Gasteiger charge is 2.26. The lowest BCUT2D eigenvalue weighted by molar-refractivity contribution is 0.355. The van der Waals surface area contributed by atoms with Crippen LogP contribution in [0.5, 0.6) is 0 Å². The molecular formula is C10H11ClF3N. The highest BCUT2D eigenvalue weighted by atomic mass is 35.5. The predicted octanol–water partition coefficient (Wildman–Crippen LogP) is 2.76. The Hall–Kier alpha value is -0.740. The first-order valence-corrected chi connectivity index (χ1v) is 4.49. The molecule has 2 unspecified atom stereocenters. The second-order valence-electron chi connectivity index (χ2n) is 3.46. The highest BCUT2D eigenvalue weighted by Crippen LogP contribution is 2.27. The van der Waals surface area contributed by atoms with Crippen LogP contribution in [0.3, 0.4) is 0 Å². The average Bonchev–Trinajstić information content (AvgIpc) is 2.56. The van der Waals surface area contributed by atoms with Gasteiger partial charge in [-0.15, -0.1) is 12.4 Å². The highest BCUT2D eigenvalue weighted by molar-refractivity contribution is 5.85. The average molecular weight is 238 g/mol. The third-order valence-electron chi connectivity index (χ3n) is 2.41. The molecule has 5 heteroatoms. The number of nitrogens with one attached hydrogen (secondary N) is 1. The molecular weight excluding hydrogens is 227 g/mol. The minimum atomic E-state index is -0.970. The van der Waals surface area contributed by atoms with E-state index in [9.17, 15) is 13.2 Å². The van der Waals surface area contributed by atoms with E-state index in [1.165, 1.54) is 0 Å². The summed E-state index contributed by atoms with van der Waals surface area (Å²) in [4.78, 5) is 0. The van der Waals surface area contributed by atoms with E-state index in [0.717, 1.165) is 18.2 Å². The lowest BCUT2D eigenvalue weighted by atomic mass is 10.0. The quantitative estimate of drug-likeness (QED) is 0.792. The first kappa shape index (κ1) is 12.3. The van der Waals surface area contributed by atoms with Crippen LogP contribution >= 0.6 is 12.4 Å². The van der Waals surface area contributed by atoms with Gasteiger partial charge in [-0.25, -0.2) is 13.2 Å². The van der Waals surface area contributed by atoms with Gasteiger partial charge in [0.1, 0.15) is 17.8 Å². The van der Waals surface area contributed by atoms with Gasteiger partial charge in [0.05, 0.1) is 0 Å². The van der Waals surface area contributed by atoms with Crippen LogP contribution in [-0.2, 0) is 0 Å². The van der Waals surface area contributed by atoms with Gasteiger partial charge in [0.15, 0.2) is 0 Å². The maximum atomic E-state index is 13.2. The van der Waals surface area contributed by atoms with Gasteiger partial charge in [0.25, 0.3) is 0 Å². The summed E-state index contributed by atoms with van der Waals surface area (Å²) in [6, 6.07) is 2.84. The minimum absolute atomic E-state index is 0. The van der Waals surface area contributed by atoms with Crippen molar-refractivity contribution in [3.8, 4) is 0 Å². The summed E-state index contributed by atoms with van der Waals surface area (Å²) in [5.74, 6) is -0.983. The van der Waals surface area contributed by atoms with Gasteiger partial charge < -0.3 is 5.32 Å². The molecule has 2 atom stereocenters. The van der Waals surface area contributed by atoms with Crippen molar-refractivity contribution in [1.82, 2.24) is 5.32 Å². The molecule has 0 amide bonds. The van der Waals surface area contributed by atoms with E-state index in [2.05, 4.69) is 5.32 Å². The van der Waals surface area contributed by atoms with Crippen molar-refractivity contribution in [2.75, 3.05) is 6.54 Å². The molecule has 2 rings (SSSR count). The zero-order valence-corrected chi connectivity index (χ0v) is 8.66. The largest absolute Gasteiger partial charge is 0.307 e. The van der Waals surface area contributed by atoms with Crippen molar-refractivity contribution in [1.29, 1.82) is 0 Å². The Morgan fingerprint density at radius 2 is 2.00 bits per heavy atom. The number of rotatable bonds is 1. The van der Waals surface area contributed by atoms with Crippen molar-refractivity contribution in [3.63, 3.8) is 0 Å². The molecule has 1 aliphatic heterocycles. The minimum Gasteiger partial charge on any atom is -0.307 e. The number of benzene rings is 1. The van der Waals surface area contributed by atoms with E-state index >= 15 is 0 Å². The molecule has 1 aromatic rings. The number of alkyl halides is 1. The molecule has 1 saturated heterocycles. The van der Waals surface area contributed by atoms with E-state index in [-0.39, 0.29) is 30.9 Å². The molecule has 0 bridgehead atoms. The van der Waals surface area contributed by atoms with Crippen LogP contribution in [0, 0.1) is 11.6 Å². The van der Waals surface area contributed by atoms with E-state index in [0.29, 0.717) is 0 Å². The van der Waals surface area contributed by atoms with Gasteiger partial charge in [-0.1, -0.05) is 0 Å². The Morgan fingerprint density at radius 1 is 1.27 bits per heavy atom. The normalized spacial score (nSPS) is 25.0. The fourth-order valence-corrected chi connectivity index (χ4v) is 1.71. The molecule has 1 fully saturated rings. The third-order valence-corrected chi connectivity index (χ3v) is 2.41. The maximum Gasteiger partial charge on any atom is 0.128 e. The summed E-state index contributed by atoms with van der Waals surface area (Å²) in [5, 5.41) is 2.81.